The summed E-state index contributed by atoms with van der Waals surface area (Å²) < 4.78 is 5.09. The lowest BCUT2D eigenvalue weighted by molar-refractivity contribution is -0.129. The van der Waals surface area contributed by atoms with Crippen LogP contribution in [0.2, 0.25) is 0 Å². The monoisotopic (exact) mass is 231 g/mol. The number of imidazole rings is 1. The average molecular weight is 231 g/mol. The smallest absolute Gasteiger partial charge is 0.264 e. The van der Waals surface area contributed by atoms with Gasteiger partial charge in [0, 0.05) is 6.20 Å². The van der Waals surface area contributed by atoms with Gasteiger partial charge >= 0.3 is 0 Å². The fraction of sp³-hybridized carbons (Fsp3) is 0.182. The summed E-state index contributed by atoms with van der Waals surface area (Å²) in [7, 11) is 0. The summed E-state index contributed by atoms with van der Waals surface area (Å²) in [5.74, 6) is -0.132. The molecule has 6 nitrogen and oxygen atoms in total. The van der Waals surface area contributed by atoms with Crippen LogP contribution in [0.4, 0.5) is 0 Å². The molecule has 0 aliphatic carbocycles. The van der Waals surface area contributed by atoms with Gasteiger partial charge in [-0.25, -0.2) is 4.98 Å². The van der Waals surface area contributed by atoms with Crippen molar-refractivity contribution < 1.29 is 14.0 Å². The summed E-state index contributed by atoms with van der Waals surface area (Å²) in [4.78, 5) is 31.7. The van der Waals surface area contributed by atoms with Crippen LogP contribution >= 0.6 is 0 Å². The van der Waals surface area contributed by atoms with Gasteiger partial charge in [-0.2, -0.15) is 0 Å². The second-order valence-corrected chi connectivity index (χ2v) is 3.80. The maximum absolute atomic E-state index is 12.0. The van der Waals surface area contributed by atoms with Crippen molar-refractivity contribution in [3.63, 3.8) is 0 Å². The molecule has 0 saturated heterocycles. The van der Waals surface area contributed by atoms with Gasteiger partial charge in [0.2, 0.25) is 5.91 Å². The van der Waals surface area contributed by atoms with Crippen molar-refractivity contribution in [3.8, 4) is 0 Å². The van der Waals surface area contributed by atoms with E-state index in [1.807, 2.05) is 0 Å². The molecule has 0 aromatic carbocycles. The maximum atomic E-state index is 12.0. The van der Waals surface area contributed by atoms with Crippen molar-refractivity contribution in [2.24, 2.45) is 0 Å². The number of H-pyrrole nitrogens is 1. The Labute approximate surface area is 96.2 Å². The maximum Gasteiger partial charge on any atom is 0.264 e. The highest BCUT2D eigenvalue weighted by Crippen LogP contribution is 2.21. The van der Waals surface area contributed by atoms with Gasteiger partial charge in [-0.15, -0.1) is 0 Å². The van der Waals surface area contributed by atoms with E-state index in [9.17, 15) is 9.59 Å². The number of hydrogen-bond donors (Lipinski definition) is 1. The highest BCUT2D eigenvalue weighted by Gasteiger charge is 2.33. The standard InChI is InChI=1S/C11H9N3O3/c15-10-3-9-8(1-2-17-9)11(16)14(10)5-7-4-12-6-13-7/h1-2,4,6H,3,5H2,(H,12,13). The van der Waals surface area contributed by atoms with Gasteiger partial charge < -0.3 is 9.40 Å². The number of hydrogen-bond acceptors (Lipinski definition) is 4. The first-order chi connectivity index (χ1) is 8.25. The summed E-state index contributed by atoms with van der Waals surface area (Å²) in [6.07, 6.45) is 4.65. The quantitative estimate of drug-likeness (QED) is 0.772. The Morgan fingerprint density at radius 3 is 3.12 bits per heavy atom. The molecule has 0 radical (unpaired) electrons. The number of aromatic amines is 1. The van der Waals surface area contributed by atoms with Crippen molar-refractivity contribution in [1.29, 1.82) is 0 Å². The minimum atomic E-state index is -0.320. The molecule has 0 saturated carbocycles. The van der Waals surface area contributed by atoms with Crippen molar-refractivity contribution in [2.75, 3.05) is 0 Å². The van der Waals surface area contributed by atoms with Crippen LogP contribution < -0.4 is 0 Å². The van der Waals surface area contributed by atoms with E-state index < -0.39 is 0 Å². The Balaban J connectivity index is 1.91. The van der Waals surface area contributed by atoms with Gasteiger partial charge in [-0.1, -0.05) is 0 Å². The van der Waals surface area contributed by atoms with Crippen molar-refractivity contribution in [2.45, 2.75) is 13.0 Å². The summed E-state index contributed by atoms with van der Waals surface area (Å²) >= 11 is 0. The molecule has 2 aromatic heterocycles. The third kappa shape index (κ3) is 1.54. The van der Waals surface area contributed by atoms with E-state index in [4.69, 9.17) is 4.42 Å². The van der Waals surface area contributed by atoms with Crippen molar-refractivity contribution in [1.82, 2.24) is 14.9 Å². The number of carbonyl (C=O) groups is 2. The number of amides is 2. The van der Waals surface area contributed by atoms with E-state index >= 15 is 0 Å². The van der Waals surface area contributed by atoms with E-state index in [0.717, 1.165) is 5.69 Å². The fourth-order valence-corrected chi connectivity index (χ4v) is 1.86. The summed E-state index contributed by atoms with van der Waals surface area (Å²) in [6.45, 7) is 0.211. The molecule has 86 valence electrons. The molecular weight excluding hydrogens is 222 g/mol. The zero-order chi connectivity index (χ0) is 11.8. The minimum Gasteiger partial charge on any atom is -0.468 e. The summed E-state index contributed by atoms with van der Waals surface area (Å²) in [5.41, 5.74) is 1.18. The Morgan fingerprint density at radius 1 is 1.47 bits per heavy atom. The molecule has 0 spiro atoms. The van der Waals surface area contributed by atoms with Crippen LogP contribution in [0, 0.1) is 0 Å². The SMILES string of the molecule is O=C1Cc2occc2C(=O)N1Cc1cnc[nH]1. The largest absolute Gasteiger partial charge is 0.468 e. The van der Waals surface area contributed by atoms with Crippen LogP contribution in [0.3, 0.4) is 0 Å². The van der Waals surface area contributed by atoms with E-state index in [1.165, 1.54) is 17.5 Å². The summed E-state index contributed by atoms with van der Waals surface area (Å²) in [6, 6.07) is 1.59. The molecular formula is C11H9N3O3. The first-order valence-electron chi connectivity index (χ1n) is 5.14. The zero-order valence-electron chi connectivity index (χ0n) is 8.84. The predicted molar refractivity (Wildman–Crippen MR) is 55.9 cm³/mol. The Morgan fingerprint density at radius 2 is 2.35 bits per heavy atom. The van der Waals surface area contributed by atoms with Crippen molar-refractivity contribution in [3.05, 3.63) is 41.9 Å². The summed E-state index contributed by atoms with van der Waals surface area (Å²) in [5, 5.41) is 0. The second kappa shape index (κ2) is 3.58. The molecule has 1 N–H and O–H groups in total. The van der Waals surface area contributed by atoms with Gasteiger partial charge in [0.05, 0.1) is 36.8 Å². The van der Waals surface area contributed by atoms with Gasteiger partial charge in [-0.3, -0.25) is 14.5 Å². The molecule has 1 aliphatic heterocycles. The molecule has 6 heteroatoms. The highest BCUT2D eigenvalue weighted by atomic mass is 16.3. The second-order valence-electron chi connectivity index (χ2n) is 3.80. The van der Waals surface area contributed by atoms with Crippen LogP contribution in [-0.2, 0) is 17.8 Å². The zero-order valence-corrected chi connectivity index (χ0v) is 8.84. The minimum absolute atomic E-state index is 0.127. The van der Waals surface area contributed by atoms with Gasteiger partial charge in [-0.05, 0) is 6.07 Å². The van der Waals surface area contributed by atoms with Crippen LogP contribution in [0.15, 0.2) is 29.3 Å². The molecule has 17 heavy (non-hydrogen) atoms. The number of fused-ring (bicyclic) bond motifs is 1. The normalized spacial score (nSPS) is 15.2. The fourth-order valence-electron chi connectivity index (χ4n) is 1.86. The lowest BCUT2D eigenvalue weighted by Crippen LogP contribution is -2.41. The molecule has 3 rings (SSSR count). The van der Waals surface area contributed by atoms with Gasteiger partial charge in [0.25, 0.3) is 5.91 Å². The topological polar surface area (TPSA) is 79.2 Å². The Bertz CT molecular complexity index is 571. The molecule has 0 bridgehead atoms. The number of imide groups is 1. The molecule has 0 unspecified atom stereocenters. The lowest BCUT2D eigenvalue weighted by Gasteiger charge is -2.23. The van der Waals surface area contributed by atoms with E-state index in [2.05, 4.69) is 9.97 Å². The third-order valence-electron chi connectivity index (χ3n) is 2.72. The van der Waals surface area contributed by atoms with E-state index in [-0.39, 0.29) is 24.8 Å². The highest BCUT2D eigenvalue weighted by molar-refractivity contribution is 6.09. The van der Waals surface area contributed by atoms with E-state index in [0.29, 0.717) is 11.3 Å². The molecule has 0 atom stereocenters. The number of furan rings is 1. The lowest BCUT2D eigenvalue weighted by atomic mass is 10.1. The predicted octanol–water partition coefficient (Wildman–Crippen LogP) is 0.728. The van der Waals surface area contributed by atoms with Gasteiger partial charge in [0.1, 0.15) is 5.76 Å². The third-order valence-corrected chi connectivity index (χ3v) is 2.72. The molecule has 3 heterocycles. The first-order valence-corrected chi connectivity index (χ1v) is 5.14. The molecule has 1 aliphatic rings. The number of nitrogens with zero attached hydrogens (tertiary/aromatic N) is 2. The number of nitrogens with one attached hydrogen (secondary N) is 1. The number of aromatic nitrogens is 2. The average Bonchev–Trinajstić information content (AvgIpc) is 2.94. The molecule has 2 aromatic rings. The first kappa shape index (κ1) is 9.83. The Kier molecular flexibility index (Phi) is 2.07. The molecule has 0 fully saturated rings. The van der Waals surface area contributed by atoms with Crippen LogP contribution in [0.5, 0.6) is 0 Å². The number of rotatable bonds is 2. The van der Waals surface area contributed by atoms with Gasteiger partial charge in [0.15, 0.2) is 0 Å². The van der Waals surface area contributed by atoms with E-state index in [1.54, 1.807) is 12.3 Å². The number of carbonyl (C=O) groups excluding carboxylic acids is 2. The van der Waals surface area contributed by atoms with Crippen LogP contribution in [0.25, 0.3) is 0 Å². The van der Waals surface area contributed by atoms with Crippen LogP contribution in [0.1, 0.15) is 21.8 Å². The van der Waals surface area contributed by atoms with Crippen LogP contribution in [-0.4, -0.2) is 26.7 Å². The van der Waals surface area contributed by atoms with Crippen molar-refractivity contribution >= 4 is 11.8 Å². The Hall–Kier alpha value is -2.37. The molecule has 2 amide bonds.